The number of hydrogen-bond acceptors (Lipinski definition) is 3. The molecule has 1 rings (SSSR count). The normalized spacial score (nSPS) is 9.08. The van der Waals surface area contributed by atoms with Gasteiger partial charge in [-0.05, 0) is 24.7 Å². The highest BCUT2D eigenvalue weighted by molar-refractivity contribution is 7.78. The number of hydrogen-bond donors (Lipinski definition) is 0. The molecule has 0 bridgehead atoms. The molecule has 0 saturated heterocycles. The molecular formula is C10H11NOS. The van der Waals surface area contributed by atoms with E-state index in [9.17, 15) is 0 Å². The number of nitrogens with zero attached hydrogens (tertiary/aromatic N) is 1. The highest BCUT2D eigenvalue weighted by Gasteiger charge is 2.03. The van der Waals surface area contributed by atoms with Crippen LogP contribution in [0.3, 0.4) is 0 Å². The third kappa shape index (κ3) is 2.38. The van der Waals surface area contributed by atoms with Crippen LogP contribution in [0.1, 0.15) is 11.1 Å². The zero-order chi connectivity index (χ0) is 9.68. The Morgan fingerprint density at radius 2 is 2.31 bits per heavy atom. The summed E-state index contributed by atoms with van der Waals surface area (Å²) >= 11 is 4.51. The van der Waals surface area contributed by atoms with Gasteiger partial charge in [-0.2, -0.15) is 0 Å². The van der Waals surface area contributed by atoms with Gasteiger partial charge in [0.15, 0.2) is 0 Å². The number of aryl methyl sites for hydroxylation is 1. The molecule has 0 aliphatic rings. The van der Waals surface area contributed by atoms with E-state index < -0.39 is 0 Å². The molecule has 0 aromatic heterocycles. The predicted molar refractivity (Wildman–Crippen MR) is 56.5 cm³/mol. The van der Waals surface area contributed by atoms with Crippen molar-refractivity contribution in [3.8, 4) is 5.75 Å². The molecule has 0 amide bonds. The summed E-state index contributed by atoms with van der Waals surface area (Å²) in [7, 11) is 1.66. The zero-order valence-corrected chi connectivity index (χ0v) is 8.52. The van der Waals surface area contributed by atoms with Gasteiger partial charge in [-0.3, -0.25) is 0 Å². The summed E-state index contributed by atoms with van der Waals surface area (Å²) in [6, 6.07) is 5.96. The highest BCUT2D eigenvalue weighted by Crippen LogP contribution is 2.23. The van der Waals surface area contributed by atoms with Gasteiger partial charge in [-0.25, -0.2) is 4.99 Å². The second kappa shape index (κ2) is 4.75. The molecule has 13 heavy (non-hydrogen) atoms. The number of rotatable bonds is 3. The quantitative estimate of drug-likeness (QED) is 0.543. The third-order valence-corrected chi connectivity index (χ3v) is 1.94. The lowest BCUT2D eigenvalue weighted by Crippen LogP contribution is -1.93. The average molecular weight is 193 g/mol. The van der Waals surface area contributed by atoms with Crippen molar-refractivity contribution in [3.63, 3.8) is 0 Å². The van der Waals surface area contributed by atoms with Gasteiger partial charge < -0.3 is 4.74 Å². The molecule has 0 fully saturated rings. The molecule has 0 saturated carbocycles. The fraction of sp³-hybridized carbons (Fsp3) is 0.300. The van der Waals surface area contributed by atoms with Gasteiger partial charge in [0.1, 0.15) is 5.75 Å². The molecule has 2 nitrogen and oxygen atoms in total. The lowest BCUT2D eigenvalue weighted by Gasteiger charge is -2.08. The molecule has 68 valence electrons. The largest absolute Gasteiger partial charge is 0.496 e. The summed E-state index contributed by atoms with van der Waals surface area (Å²) in [5, 5.41) is 2.34. The topological polar surface area (TPSA) is 21.6 Å². The van der Waals surface area contributed by atoms with Crippen molar-refractivity contribution in [2.75, 3.05) is 7.11 Å². The van der Waals surface area contributed by atoms with Gasteiger partial charge in [0.2, 0.25) is 0 Å². The van der Waals surface area contributed by atoms with Gasteiger partial charge in [0, 0.05) is 5.56 Å². The first-order chi connectivity index (χ1) is 6.29. The summed E-state index contributed by atoms with van der Waals surface area (Å²) < 4.78 is 5.25. The minimum Gasteiger partial charge on any atom is -0.496 e. The summed E-state index contributed by atoms with van der Waals surface area (Å²) in [5.74, 6) is 0.886. The molecule has 3 heteroatoms. The molecule has 0 unspecified atom stereocenters. The Morgan fingerprint density at radius 3 is 2.92 bits per heavy atom. The van der Waals surface area contributed by atoms with E-state index in [1.54, 1.807) is 7.11 Å². The predicted octanol–water partition coefficient (Wildman–Crippen LogP) is 2.61. The van der Waals surface area contributed by atoms with E-state index in [1.807, 2.05) is 25.1 Å². The standard InChI is InChI=1S/C10H11NOS/c1-8-4-3-5-9(6-11-7-13)10(8)12-2/h3-5H,6H2,1-2H3. The second-order valence-corrected chi connectivity index (χ2v) is 2.86. The Bertz CT molecular complexity index is 343. The molecule has 1 aromatic rings. The van der Waals surface area contributed by atoms with E-state index in [1.165, 1.54) is 0 Å². The Morgan fingerprint density at radius 1 is 1.54 bits per heavy atom. The Hall–Kier alpha value is -1.18. The second-order valence-electron chi connectivity index (χ2n) is 2.67. The fourth-order valence-corrected chi connectivity index (χ4v) is 1.31. The first-order valence-electron chi connectivity index (χ1n) is 3.95. The van der Waals surface area contributed by atoms with Crippen molar-refractivity contribution < 1.29 is 4.74 Å². The van der Waals surface area contributed by atoms with Crippen LogP contribution in [0.4, 0.5) is 0 Å². The van der Waals surface area contributed by atoms with E-state index in [0.29, 0.717) is 6.54 Å². The van der Waals surface area contributed by atoms with Gasteiger partial charge in [0.05, 0.1) is 18.8 Å². The van der Waals surface area contributed by atoms with Crippen LogP contribution < -0.4 is 4.74 Å². The first kappa shape index (κ1) is 9.90. The summed E-state index contributed by atoms with van der Waals surface area (Å²) in [5.41, 5.74) is 2.15. The molecule has 0 atom stereocenters. The summed E-state index contributed by atoms with van der Waals surface area (Å²) in [6.45, 7) is 2.54. The molecule has 0 heterocycles. The lowest BCUT2D eigenvalue weighted by molar-refractivity contribution is 0.407. The summed E-state index contributed by atoms with van der Waals surface area (Å²) in [6.07, 6.45) is 0. The van der Waals surface area contributed by atoms with Gasteiger partial charge in [-0.1, -0.05) is 18.2 Å². The molecule has 0 spiro atoms. The fourth-order valence-electron chi connectivity index (χ4n) is 1.25. The molecular weight excluding hydrogens is 182 g/mol. The minimum absolute atomic E-state index is 0.536. The SMILES string of the molecule is COc1c(C)cccc1CN=C=S. The number of para-hydroxylation sites is 1. The number of methoxy groups -OCH3 is 1. The number of isothiocyanates is 1. The monoisotopic (exact) mass is 193 g/mol. The van der Waals surface area contributed by atoms with Crippen LogP contribution in [0.2, 0.25) is 0 Å². The number of ether oxygens (including phenoxy) is 1. The van der Waals surface area contributed by atoms with Crippen molar-refractivity contribution >= 4 is 17.4 Å². The first-order valence-corrected chi connectivity index (χ1v) is 4.36. The highest BCUT2D eigenvalue weighted by atomic mass is 32.1. The zero-order valence-electron chi connectivity index (χ0n) is 7.70. The molecule has 1 aromatic carbocycles. The molecule has 0 aliphatic carbocycles. The van der Waals surface area contributed by atoms with E-state index in [2.05, 4.69) is 22.4 Å². The van der Waals surface area contributed by atoms with Crippen LogP contribution in [0, 0.1) is 6.92 Å². The van der Waals surface area contributed by atoms with E-state index in [4.69, 9.17) is 4.74 Å². The van der Waals surface area contributed by atoms with Crippen LogP contribution in [0.25, 0.3) is 0 Å². The smallest absolute Gasteiger partial charge is 0.126 e. The average Bonchev–Trinajstić information content (AvgIpc) is 2.15. The van der Waals surface area contributed by atoms with Gasteiger partial charge in [0.25, 0.3) is 0 Å². The third-order valence-electron chi connectivity index (χ3n) is 1.81. The lowest BCUT2D eigenvalue weighted by atomic mass is 10.1. The maximum atomic E-state index is 5.25. The van der Waals surface area contributed by atoms with Crippen molar-refractivity contribution in [2.45, 2.75) is 13.5 Å². The number of benzene rings is 1. The van der Waals surface area contributed by atoms with Crippen LogP contribution in [-0.2, 0) is 6.54 Å². The van der Waals surface area contributed by atoms with Crippen LogP contribution in [-0.4, -0.2) is 12.3 Å². The Balaban J connectivity index is 3.04. The Labute approximate surface area is 83.3 Å². The van der Waals surface area contributed by atoms with Crippen LogP contribution >= 0.6 is 12.2 Å². The Kier molecular flexibility index (Phi) is 3.62. The van der Waals surface area contributed by atoms with Gasteiger partial charge >= 0.3 is 0 Å². The van der Waals surface area contributed by atoms with Crippen LogP contribution in [0.5, 0.6) is 5.75 Å². The maximum absolute atomic E-state index is 5.25. The van der Waals surface area contributed by atoms with Gasteiger partial charge in [-0.15, -0.1) is 0 Å². The van der Waals surface area contributed by atoms with Crippen molar-refractivity contribution in [3.05, 3.63) is 29.3 Å². The van der Waals surface area contributed by atoms with E-state index >= 15 is 0 Å². The van der Waals surface area contributed by atoms with E-state index in [0.717, 1.165) is 16.9 Å². The molecule has 0 aliphatic heterocycles. The molecule has 0 N–H and O–H groups in total. The number of thiocarbonyl (C=S) groups is 1. The molecule has 0 radical (unpaired) electrons. The van der Waals surface area contributed by atoms with E-state index in [-0.39, 0.29) is 0 Å². The maximum Gasteiger partial charge on any atom is 0.126 e. The summed E-state index contributed by atoms with van der Waals surface area (Å²) in [4.78, 5) is 3.88. The van der Waals surface area contributed by atoms with Crippen LogP contribution in [0.15, 0.2) is 23.2 Å². The number of aliphatic imine (C=N–C) groups is 1. The van der Waals surface area contributed by atoms with Crippen molar-refractivity contribution in [2.24, 2.45) is 4.99 Å². The van der Waals surface area contributed by atoms with Crippen molar-refractivity contribution in [1.82, 2.24) is 0 Å². The van der Waals surface area contributed by atoms with Crippen molar-refractivity contribution in [1.29, 1.82) is 0 Å². The minimum atomic E-state index is 0.536.